The first-order valence-electron chi connectivity index (χ1n) is 5.97. The summed E-state index contributed by atoms with van der Waals surface area (Å²) in [5.41, 5.74) is 6.71. The molecule has 3 nitrogen and oxygen atoms in total. The summed E-state index contributed by atoms with van der Waals surface area (Å²) in [7, 11) is 0. The number of nitrogens with two attached hydrogens (primary N) is 1. The van der Waals surface area contributed by atoms with Crippen LogP contribution in [0.2, 0.25) is 5.02 Å². The molecule has 2 unspecified atom stereocenters. The summed E-state index contributed by atoms with van der Waals surface area (Å²) < 4.78 is 0. The van der Waals surface area contributed by atoms with Crippen molar-refractivity contribution in [3.05, 3.63) is 28.8 Å². The van der Waals surface area contributed by atoms with Crippen LogP contribution in [0.4, 0.5) is 5.69 Å². The van der Waals surface area contributed by atoms with Crippen molar-refractivity contribution in [1.82, 2.24) is 5.32 Å². The number of benzene rings is 1. The van der Waals surface area contributed by atoms with Gasteiger partial charge < -0.3 is 11.1 Å². The minimum atomic E-state index is -0.0807. The molecule has 0 aliphatic heterocycles. The Morgan fingerprint density at radius 2 is 2.29 bits per heavy atom. The second-order valence-corrected chi connectivity index (χ2v) is 5.07. The molecule has 0 radical (unpaired) electrons. The van der Waals surface area contributed by atoms with Gasteiger partial charge in [0, 0.05) is 22.3 Å². The Morgan fingerprint density at radius 1 is 1.53 bits per heavy atom. The number of hydrogen-bond donors (Lipinski definition) is 2. The first-order chi connectivity index (χ1) is 8.10. The van der Waals surface area contributed by atoms with Crippen molar-refractivity contribution in [2.75, 3.05) is 5.73 Å². The molecule has 4 heteroatoms. The highest BCUT2D eigenvalue weighted by Crippen LogP contribution is 2.34. The third-order valence-electron chi connectivity index (χ3n) is 3.08. The molecule has 1 aliphatic carbocycles. The predicted molar refractivity (Wildman–Crippen MR) is 70.1 cm³/mol. The van der Waals surface area contributed by atoms with Gasteiger partial charge in [-0.2, -0.15) is 0 Å². The summed E-state index contributed by atoms with van der Waals surface area (Å²) in [6.07, 6.45) is 3.44. The lowest BCUT2D eigenvalue weighted by molar-refractivity contribution is 0.0949. The molecule has 0 spiro atoms. The summed E-state index contributed by atoms with van der Waals surface area (Å²) in [6.45, 7) is 2.16. The van der Waals surface area contributed by atoms with Crippen LogP contribution in [-0.2, 0) is 0 Å². The molecule has 0 aromatic heterocycles. The van der Waals surface area contributed by atoms with Crippen LogP contribution < -0.4 is 11.1 Å². The van der Waals surface area contributed by atoms with Gasteiger partial charge in [0.15, 0.2) is 0 Å². The van der Waals surface area contributed by atoms with E-state index < -0.39 is 0 Å². The number of halogens is 1. The zero-order valence-corrected chi connectivity index (χ0v) is 10.6. The molecular formula is C13H17ClN2O. The lowest BCUT2D eigenvalue weighted by atomic mass is 10.2. The van der Waals surface area contributed by atoms with Crippen molar-refractivity contribution in [3.63, 3.8) is 0 Å². The summed E-state index contributed by atoms with van der Waals surface area (Å²) >= 11 is 5.86. The molecule has 1 aromatic carbocycles. The zero-order chi connectivity index (χ0) is 12.4. The van der Waals surface area contributed by atoms with Crippen molar-refractivity contribution in [2.45, 2.75) is 32.2 Å². The molecule has 1 aromatic rings. The standard InChI is InChI=1S/C13H17ClN2O/c1-2-3-8-6-12(8)16-13(17)9-4-10(14)7-11(15)5-9/h4-5,7-8,12H,2-3,6,15H2,1H3,(H,16,17). The van der Waals surface area contributed by atoms with Crippen LogP contribution in [0.15, 0.2) is 18.2 Å². The van der Waals surface area contributed by atoms with Crippen LogP contribution in [0.3, 0.4) is 0 Å². The van der Waals surface area contributed by atoms with Gasteiger partial charge in [0.25, 0.3) is 5.91 Å². The highest BCUT2D eigenvalue weighted by atomic mass is 35.5. The molecule has 3 N–H and O–H groups in total. The molecule has 0 heterocycles. The van der Waals surface area contributed by atoms with Crippen LogP contribution in [0.25, 0.3) is 0 Å². The van der Waals surface area contributed by atoms with Crippen molar-refractivity contribution in [1.29, 1.82) is 0 Å². The average molecular weight is 253 g/mol. The number of hydrogen-bond acceptors (Lipinski definition) is 2. The van der Waals surface area contributed by atoms with Crippen molar-refractivity contribution in [3.8, 4) is 0 Å². The summed E-state index contributed by atoms with van der Waals surface area (Å²) in [6, 6.07) is 5.26. The van der Waals surface area contributed by atoms with Gasteiger partial charge in [0.2, 0.25) is 0 Å². The quantitative estimate of drug-likeness (QED) is 0.810. The van der Waals surface area contributed by atoms with Gasteiger partial charge in [0.1, 0.15) is 0 Å². The van der Waals surface area contributed by atoms with E-state index in [0.717, 1.165) is 6.42 Å². The van der Waals surface area contributed by atoms with Gasteiger partial charge in [0.05, 0.1) is 0 Å². The maximum absolute atomic E-state index is 11.9. The number of amides is 1. The third kappa shape index (κ3) is 3.13. The minimum absolute atomic E-state index is 0.0807. The smallest absolute Gasteiger partial charge is 0.251 e. The van der Waals surface area contributed by atoms with E-state index in [-0.39, 0.29) is 5.91 Å². The molecule has 92 valence electrons. The second kappa shape index (κ2) is 4.96. The van der Waals surface area contributed by atoms with Gasteiger partial charge >= 0.3 is 0 Å². The lowest BCUT2D eigenvalue weighted by Gasteiger charge is -2.06. The Balaban J connectivity index is 1.96. The third-order valence-corrected chi connectivity index (χ3v) is 3.30. The first kappa shape index (κ1) is 12.2. The number of rotatable bonds is 4. The number of nitrogen functional groups attached to an aromatic ring is 1. The largest absolute Gasteiger partial charge is 0.399 e. The van der Waals surface area contributed by atoms with Gasteiger partial charge in [-0.25, -0.2) is 0 Å². The molecule has 1 saturated carbocycles. The van der Waals surface area contributed by atoms with Crippen molar-refractivity contribution in [2.24, 2.45) is 5.92 Å². The van der Waals surface area contributed by atoms with Crippen LogP contribution in [0, 0.1) is 5.92 Å². The maximum Gasteiger partial charge on any atom is 0.251 e. The van der Waals surface area contributed by atoms with E-state index in [1.807, 2.05) is 0 Å². The van der Waals surface area contributed by atoms with Gasteiger partial charge in [-0.15, -0.1) is 0 Å². The summed E-state index contributed by atoms with van der Waals surface area (Å²) in [4.78, 5) is 11.9. The molecule has 1 amide bonds. The van der Waals surface area contributed by atoms with E-state index >= 15 is 0 Å². The van der Waals surface area contributed by atoms with E-state index in [0.29, 0.717) is 28.2 Å². The Labute approximate surface area is 106 Å². The number of anilines is 1. The van der Waals surface area contributed by atoms with Crippen molar-refractivity contribution < 1.29 is 4.79 Å². The molecular weight excluding hydrogens is 236 g/mol. The van der Waals surface area contributed by atoms with Crippen LogP contribution in [-0.4, -0.2) is 11.9 Å². The fourth-order valence-corrected chi connectivity index (χ4v) is 2.35. The average Bonchev–Trinajstić information content (AvgIpc) is 2.95. The fourth-order valence-electron chi connectivity index (χ4n) is 2.11. The number of carbonyl (C=O) groups excluding carboxylic acids is 1. The maximum atomic E-state index is 11.9. The fraction of sp³-hybridized carbons (Fsp3) is 0.462. The summed E-state index contributed by atoms with van der Waals surface area (Å²) in [5, 5.41) is 3.50. The van der Waals surface area contributed by atoms with Gasteiger partial charge in [-0.05, 0) is 37.0 Å². The van der Waals surface area contributed by atoms with E-state index in [1.54, 1.807) is 18.2 Å². The lowest BCUT2D eigenvalue weighted by Crippen LogP contribution is -2.26. The summed E-state index contributed by atoms with van der Waals surface area (Å²) in [5.74, 6) is 0.572. The van der Waals surface area contributed by atoms with Crippen LogP contribution >= 0.6 is 11.6 Å². The van der Waals surface area contributed by atoms with Crippen LogP contribution in [0.5, 0.6) is 0 Å². The molecule has 2 atom stereocenters. The molecule has 0 saturated heterocycles. The number of carbonyl (C=O) groups is 1. The molecule has 0 bridgehead atoms. The van der Waals surface area contributed by atoms with Crippen LogP contribution in [0.1, 0.15) is 36.5 Å². The highest BCUT2D eigenvalue weighted by Gasteiger charge is 2.37. The van der Waals surface area contributed by atoms with E-state index in [9.17, 15) is 4.79 Å². The predicted octanol–water partition coefficient (Wildman–Crippen LogP) is 2.84. The normalized spacial score (nSPS) is 22.2. The van der Waals surface area contributed by atoms with Gasteiger partial charge in [-0.3, -0.25) is 4.79 Å². The van der Waals surface area contributed by atoms with E-state index in [2.05, 4.69) is 12.2 Å². The Hall–Kier alpha value is -1.22. The highest BCUT2D eigenvalue weighted by molar-refractivity contribution is 6.31. The topological polar surface area (TPSA) is 55.1 Å². The van der Waals surface area contributed by atoms with Crippen molar-refractivity contribution >= 4 is 23.2 Å². The zero-order valence-electron chi connectivity index (χ0n) is 9.87. The monoisotopic (exact) mass is 252 g/mol. The molecule has 17 heavy (non-hydrogen) atoms. The Morgan fingerprint density at radius 3 is 2.94 bits per heavy atom. The SMILES string of the molecule is CCCC1CC1NC(=O)c1cc(N)cc(Cl)c1. The minimum Gasteiger partial charge on any atom is -0.399 e. The van der Waals surface area contributed by atoms with E-state index in [4.69, 9.17) is 17.3 Å². The second-order valence-electron chi connectivity index (χ2n) is 4.64. The Kier molecular flexibility index (Phi) is 3.57. The first-order valence-corrected chi connectivity index (χ1v) is 6.35. The van der Waals surface area contributed by atoms with Gasteiger partial charge in [-0.1, -0.05) is 24.9 Å². The molecule has 1 aliphatic rings. The molecule has 1 fully saturated rings. The van der Waals surface area contributed by atoms with E-state index in [1.165, 1.54) is 12.8 Å². The Bertz CT molecular complexity index is 413. The molecule has 2 rings (SSSR count). The number of nitrogens with one attached hydrogen (secondary N) is 1.